The van der Waals surface area contributed by atoms with Gasteiger partial charge in [0, 0.05) is 12.6 Å². The van der Waals surface area contributed by atoms with Crippen LogP contribution in [0.15, 0.2) is 60.7 Å². The molecule has 1 heterocycles. The zero-order chi connectivity index (χ0) is 16.8. The monoisotopic (exact) mass is 319 g/mol. The smallest absolute Gasteiger partial charge is 0.0281 e. The third kappa shape index (κ3) is 4.36. The van der Waals surface area contributed by atoms with Crippen LogP contribution in [0.1, 0.15) is 41.5 Å². The van der Waals surface area contributed by atoms with Gasteiger partial charge in [0.15, 0.2) is 0 Å². The van der Waals surface area contributed by atoms with E-state index >= 15 is 0 Å². The van der Waals surface area contributed by atoms with E-state index in [4.69, 9.17) is 0 Å². The van der Waals surface area contributed by atoms with Gasteiger partial charge in [0.05, 0.1) is 0 Å². The van der Waals surface area contributed by atoms with Crippen molar-refractivity contribution in [2.75, 3.05) is 6.54 Å². The second-order valence-electron chi connectivity index (χ2n) is 7.02. The molecule has 1 atom stereocenters. The molecule has 126 valence electrons. The molecule has 2 aromatic carbocycles. The van der Waals surface area contributed by atoms with E-state index < -0.39 is 0 Å². The lowest BCUT2D eigenvalue weighted by Gasteiger charge is -2.34. The number of hydrogen-bond acceptors (Lipinski definition) is 1. The molecule has 0 spiro atoms. The summed E-state index contributed by atoms with van der Waals surface area (Å²) >= 11 is 0. The van der Waals surface area contributed by atoms with Crippen molar-refractivity contribution in [2.24, 2.45) is 0 Å². The predicted molar refractivity (Wildman–Crippen MR) is 103 cm³/mol. The minimum absolute atomic E-state index is 0.586. The van der Waals surface area contributed by atoms with E-state index in [1.54, 1.807) is 0 Å². The quantitative estimate of drug-likeness (QED) is 0.662. The molecule has 24 heavy (non-hydrogen) atoms. The minimum Gasteiger partial charge on any atom is -0.293 e. The highest BCUT2D eigenvalue weighted by Crippen LogP contribution is 2.21. The van der Waals surface area contributed by atoms with Crippen molar-refractivity contribution >= 4 is 0 Å². The molecule has 1 fully saturated rings. The third-order valence-corrected chi connectivity index (χ3v) is 5.22. The Kier molecular flexibility index (Phi) is 5.87. The molecule has 0 N–H and O–H groups in total. The van der Waals surface area contributed by atoms with E-state index in [9.17, 15) is 0 Å². The van der Waals surface area contributed by atoms with Gasteiger partial charge in [-0.25, -0.2) is 0 Å². The number of likely N-dealkylation sites (tertiary alicyclic amines) is 1. The third-order valence-electron chi connectivity index (χ3n) is 5.22. The largest absolute Gasteiger partial charge is 0.293 e. The summed E-state index contributed by atoms with van der Waals surface area (Å²) in [5.41, 5.74) is 5.72. The number of nitrogens with zero attached hydrogens (tertiary/aromatic N) is 1. The molecular weight excluding hydrogens is 290 g/mol. The maximum atomic E-state index is 2.64. The molecular formula is C23H29N. The average molecular weight is 319 g/mol. The summed E-state index contributed by atoms with van der Waals surface area (Å²) in [4.78, 5) is 2.64. The lowest BCUT2D eigenvalue weighted by molar-refractivity contribution is 0.171. The van der Waals surface area contributed by atoms with Crippen molar-refractivity contribution in [3.8, 4) is 0 Å². The normalized spacial score (nSPS) is 19.0. The van der Waals surface area contributed by atoms with Crippen molar-refractivity contribution in [1.82, 2.24) is 4.90 Å². The predicted octanol–water partition coefficient (Wildman–Crippen LogP) is 5.46. The molecule has 1 heteroatoms. The fourth-order valence-electron chi connectivity index (χ4n) is 3.76. The highest BCUT2D eigenvalue weighted by atomic mass is 15.2. The van der Waals surface area contributed by atoms with Crippen LogP contribution in [0, 0.1) is 13.8 Å². The first-order valence-corrected chi connectivity index (χ1v) is 9.24. The molecule has 3 rings (SSSR count). The standard InChI is InChI=1S/C23H29N/c1-19-10-8-11-20(2)23(19)16-9-15-22-14-6-7-17-24(22)18-21-12-4-3-5-13-21/h3-5,8-13,15,22H,6-7,14,16-18H2,1-2H3/b15-9+. The maximum absolute atomic E-state index is 2.64. The van der Waals surface area contributed by atoms with Crippen molar-refractivity contribution in [1.29, 1.82) is 0 Å². The van der Waals surface area contributed by atoms with Gasteiger partial charge in [0.2, 0.25) is 0 Å². The van der Waals surface area contributed by atoms with Crippen LogP contribution in [0.2, 0.25) is 0 Å². The van der Waals surface area contributed by atoms with Crippen LogP contribution in [0.25, 0.3) is 0 Å². The van der Waals surface area contributed by atoms with Crippen molar-refractivity contribution in [3.05, 3.63) is 82.9 Å². The average Bonchev–Trinajstić information content (AvgIpc) is 2.60. The van der Waals surface area contributed by atoms with Crippen LogP contribution >= 0.6 is 0 Å². The van der Waals surface area contributed by atoms with E-state index in [0.29, 0.717) is 6.04 Å². The zero-order valence-electron chi connectivity index (χ0n) is 15.0. The number of piperidine rings is 1. The summed E-state index contributed by atoms with van der Waals surface area (Å²) in [5, 5.41) is 0. The number of hydrogen-bond donors (Lipinski definition) is 0. The van der Waals surface area contributed by atoms with Gasteiger partial charge >= 0.3 is 0 Å². The van der Waals surface area contributed by atoms with Gasteiger partial charge in [-0.1, -0.05) is 67.1 Å². The second kappa shape index (κ2) is 8.30. The van der Waals surface area contributed by atoms with E-state index in [0.717, 1.165) is 13.0 Å². The maximum Gasteiger partial charge on any atom is 0.0281 e. The molecule has 0 amide bonds. The SMILES string of the molecule is Cc1cccc(C)c1C/C=C/C1CCCCN1Cc1ccccc1. The number of rotatable bonds is 5. The first kappa shape index (κ1) is 17.0. The first-order chi connectivity index (χ1) is 11.7. The summed E-state index contributed by atoms with van der Waals surface area (Å²) in [6.07, 6.45) is 9.86. The number of aryl methyl sites for hydroxylation is 2. The Balaban J connectivity index is 1.65. The Bertz CT molecular complexity index is 651. The molecule has 1 unspecified atom stereocenters. The molecule has 0 saturated carbocycles. The number of allylic oxidation sites excluding steroid dienone is 1. The van der Waals surface area contributed by atoms with Gasteiger partial charge in [0.25, 0.3) is 0 Å². The Morgan fingerprint density at radius 1 is 0.958 bits per heavy atom. The molecule has 0 aliphatic carbocycles. The second-order valence-corrected chi connectivity index (χ2v) is 7.02. The summed E-state index contributed by atoms with van der Waals surface area (Å²) in [6, 6.07) is 18.1. The van der Waals surface area contributed by atoms with Crippen molar-refractivity contribution < 1.29 is 0 Å². The van der Waals surface area contributed by atoms with Crippen LogP contribution < -0.4 is 0 Å². The van der Waals surface area contributed by atoms with Crippen molar-refractivity contribution in [2.45, 2.75) is 52.1 Å². The molecule has 1 saturated heterocycles. The summed E-state index contributed by atoms with van der Waals surface area (Å²) in [7, 11) is 0. The lowest BCUT2D eigenvalue weighted by atomic mass is 9.97. The summed E-state index contributed by atoms with van der Waals surface area (Å²) < 4.78 is 0. The van der Waals surface area contributed by atoms with E-state index in [1.165, 1.54) is 48.1 Å². The summed E-state index contributed by atoms with van der Waals surface area (Å²) in [6.45, 7) is 6.73. The van der Waals surface area contributed by atoms with Crippen LogP contribution in [0.4, 0.5) is 0 Å². The van der Waals surface area contributed by atoms with Crippen molar-refractivity contribution in [3.63, 3.8) is 0 Å². The van der Waals surface area contributed by atoms with Crippen LogP contribution in [0.5, 0.6) is 0 Å². The zero-order valence-corrected chi connectivity index (χ0v) is 15.0. The fourth-order valence-corrected chi connectivity index (χ4v) is 3.76. The Morgan fingerprint density at radius 2 is 1.71 bits per heavy atom. The topological polar surface area (TPSA) is 3.24 Å². The highest BCUT2D eigenvalue weighted by molar-refractivity contribution is 5.35. The van der Waals surface area contributed by atoms with Gasteiger partial charge in [-0.05, 0) is 61.9 Å². The molecule has 0 radical (unpaired) electrons. The van der Waals surface area contributed by atoms with Gasteiger partial charge in [-0.15, -0.1) is 0 Å². The minimum atomic E-state index is 0.586. The highest BCUT2D eigenvalue weighted by Gasteiger charge is 2.19. The molecule has 1 aliphatic heterocycles. The lowest BCUT2D eigenvalue weighted by Crippen LogP contribution is -2.37. The Labute approximate surface area is 147 Å². The van der Waals surface area contributed by atoms with Gasteiger partial charge in [0.1, 0.15) is 0 Å². The molecule has 1 aliphatic rings. The fraction of sp³-hybridized carbons (Fsp3) is 0.391. The Hall–Kier alpha value is -1.86. The molecule has 0 aromatic heterocycles. The molecule has 2 aromatic rings. The van der Waals surface area contributed by atoms with Crippen LogP contribution in [-0.4, -0.2) is 17.5 Å². The van der Waals surface area contributed by atoms with E-state index in [2.05, 4.69) is 79.4 Å². The van der Waals surface area contributed by atoms with E-state index in [-0.39, 0.29) is 0 Å². The number of benzene rings is 2. The summed E-state index contributed by atoms with van der Waals surface area (Å²) in [5.74, 6) is 0. The van der Waals surface area contributed by atoms with Gasteiger partial charge in [-0.3, -0.25) is 4.90 Å². The Morgan fingerprint density at radius 3 is 2.46 bits per heavy atom. The van der Waals surface area contributed by atoms with Gasteiger partial charge in [-0.2, -0.15) is 0 Å². The molecule has 0 bridgehead atoms. The van der Waals surface area contributed by atoms with Crippen LogP contribution in [-0.2, 0) is 13.0 Å². The van der Waals surface area contributed by atoms with E-state index in [1.807, 2.05) is 0 Å². The first-order valence-electron chi connectivity index (χ1n) is 9.24. The molecule has 1 nitrogen and oxygen atoms in total. The van der Waals surface area contributed by atoms with Gasteiger partial charge < -0.3 is 0 Å². The van der Waals surface area contributed by atoms with Crippen LogP contribution in [0.3, 0.4) is 0 Å².